The number of aromatic amines is 2. The minimum atomic E-state index is -0.482. The van der Waals surface area contributed by atoms with E-state index in [1.54, 1.807) is 30.2 Å². The molecule has 0 aliphatic heterocycles. The van der Waals surface area contributed by atoms with Gasteiger partial charge in [0.1, 0.15) is 11.3 Å². The predicted molar refractivity (Wildman–Crippen MR) is 63.3 cm³/mol. The smallest absolute Gasteiger partial charge is 0.329 e. The van der Waals surface area contributed by atoms with Gasteiger partial charge in [0, 0.05) is 19.4 Å². The van der Waals surface area contributed by atoms with E-state index >= 15 is 0 Å². The van der Waals surface area contributed by atoms with Crippen LogP contribution in [0.3, 0.4) is 0 Å². The highest BCUT2D eigenvalue weighted by Crippen LogP contribution is 2.04. The van der Waals surface area contributed by atoms with Crippen LogP contribution in [-0.4, -0.2) is 29.3 Å². The molecule has 2 N–H and O–H groups in total. The summed E-state index contributed by atoms with van der Waals surface area (Å²) in [6.45, 7) is 0.412. The average Bonchev–Trinajstić information content (AvgIpc) is 2.96. The van der Waals surface area contributed by atoms with Gasteiger partial charge in [-0.15, -0.1) is 0 Å². The van der Waals surface area contributed by atoms with Crippen LogP contribution in [0.1, 0.15) is 5.82 Å². The van der Waals surface area contributed by atoms with Crippen LogP contribution in [0.15, 0.2) is 28.0 Å². The number of H-pyrrole nitrogens is 2. The Morgan fingerprint density at radius 1 is 1.33 bits per heavy atom. The average molecular weight is 246 g/mol. The van der Waals surface area contributed by atoms with Crippen LogP contribution >= 0.6 is 0 Å². The molecule has 18 heavy (non-hydrogen) atoms. The third-order valence-electron chi connectivity index (χ3n) is 2.67. The molecule has 0 fully saturated rings. The number of aromatic nitrogens is 6. The summed E-state index contributed by atoms with van der Waals surface area (Å²) < 4.78 is 2.96. The molecule has 0 aromatic carbocycles. The molecule has 92 valence electrons. The SMILES string of the molecule is Cn1c(=O)[nH]c(=O)c2[nH]c(Cn3cccn3)nc21. The van der Waals surface area contributed by atoms with Crippen LogP contribution in [0.25, 0.3) is 11.2 Å². The zero-order chi connectivity index (χ0) is 12.7. The number of aryl methyl sites for hydroxylation is 1. The Kier molecular flexibility index (Phi) is 2.15. The van der Waals surface area contributed by atoms with E-state index in [2.05, 4.69) is 20.1 Å². The van der Waals surface area contributed by atoms with Gasteiger partial charge in [-0.1, -0.05) is 0 Å². The van der Waals surface area contributed by atoms with Crippen molar-refractivity contribution in [1.29, 1.82) is 0 Å². The highest BCUT2D eigenvalue weighted by molar-refractivity contribution is 5.69. The quantitative estimate of drug-likeness (QED) is 0.617. The minimum Gasteiger partial charge on any atom is -0.335 e. The summed E-state index contributed by atoms with van der Waals surface area (Å²) in [7, 11) is 1.55. The molecule has 3 aromatic heterocycles. The summed E-state index contributed by atoms with van der Waals surface area (Å²) >= 11 is 0. The molecule has 0 aliphatic carbocycles. The third kappa shape index (κ3) is 1.54. The van der Waals surface area contributed by atoms with E-state index in [1.807, 2.05) is 0 Å². The van der Waals surface area contributed by atoms with Crippen molar-refractivity contribution in [3.63, 3.8) is 0 Å². The number of imidazole rings is 1. The number of nitrogens with zero attached hydrogens (tertiary/aromatic N) is 4. The maximum Gasteiger partial charge on any atom is 0.329 e. The lowest BCUT2D eigenvalue weighted by molar-refractivity contribution is 0.662. The minimum absolute atomic E-state index is 0.291. The lowest BCUT2D eigenvalue weighted by Crippen LogP contribution is -2.28. The lowest BCUT2D eigenvalue weighted by Gasteiger charge is -1.95. The molecule has 0 aliphatic rings. The Morgan fingerprint density at radius 2 is 2.17 bits per heavy atom. The maximum atomic E-state index is 11.6. The molecule has 0 bridgehead atoms. The van der Waals surface area contributed by atoms with Gasteiger partial charge in [0.25, 0.3) is 5.56 Å². The first-order valence-electron chi connectivity index (χ1n) is 5.30. The zero-order valence-electron chi connectivity index (χ0n) is 9.54. The van der Waals surface area contributed by atoms with E-state index in [0.717, 1.165) is 0 Å². The van der Waals surface area contributed by atoms with E-state index in [9.17, 15) is 9.59 Å². The summed E-state index contributed by atoms with van der Waals surface area (Å²) in [6, 6.07) is 1.80. The largest absolute Gasteiger partial charge is 0.335 e. The highest BCUT2D eigenvalue weighted by atomic mass is 16.2. The number of nitrogens with one attached hydrogen (secondary N) is 2. The summed E-state index contributed by atoms with van der Waals surface area (Å²) in [5.41, 5.74) is -0.317. The van der Waals surface area contributed by atoms with Crippen molar-refractivity contribution in [2.24, 2.45) is 7.05 Å². The molecule has 0 amide bonds. The summed E-state index contributed by atoms with van der Waals surface area (Å²) in [5.74, 6) is 0.570. The molecular formula is C10H10N6O2. The van der Waals surface area contributed by atoms with Crippen molar-refractivity contribution >= 4 is 11.2 Å². The molecular weight excluding hydrogens is 236 g/mol. The van der Waals surface area contributed by atoms with Gasteiger partial charge in [0.05, 0.1) is 6.54 Å². The Labute approximate surface area is 99.9 Å². The molecule has 3 heterocycles. The molecule has 0 atom stereocenters. The number of hydrogen-bond donors (Lipinski definition) is 2. The van der Waals surface area contributed by atoms with Crippen LogP contribution in [0.5, 0.6) is 0 Å². The first-order chi connectivity index (χ1) is 8.65. The van der Waals surface area contributed by atoms with Gasteiger partial charge in [0.15, 0.2) is 5.65 Å². The molecule has 3 rings (SSSR count). The van der Waals surface area contributed by atoms with Gasteiger partial charge in [-0.2, -0.15) is 5.10 Å². The van der Waals surface area contributed by atoms with Crippen molar-refractivity contribution in [1.82, 2.24) is 29.3 Å². The van der Waals surface area contributed by atoms with Gasteiger partial charge in [0.2, 0.25) is 0 Å². The fraction of sp³-hybridized carbons (Fsp3) is 0.200. The Balaban J connectivity index is 2.17. The lowest BCUT2D eigenvalue weighted by atomic mass is 10.5. The van der Waals surface area contributed by atoms with Crippen LogP contribution in [0.4, 0.5) is 0 Å². The molecule has 0 unspecified atom stereocenters. The first-order valence-corrected chi connectivity index (χ1v) is 5.30. The molecule has 8 nitrogen and oxygen atoms in total. The second-order valence-corrected chi connectivity index (χ2v) is 3.90. The molecule has 3 aromatic rings. The first kappa shape index (κ1) is 10.5. The van der Waals surface area contributed by atoms with Crippen molar-refractivity contribution in [3.8, 4) is 0 Å². The maximum absolute atomic E-state index is 11.6. The van der Waals surface area contributed by atoms with Gasteiger partial charge in [-0.25, -0.2) is 9.78 Å². The highest BCUT2D eigenvalue weighted by Gasteiger charge is 2.10. The van der Waals surface area contributed by atoms with E-state index in [1.165, 1.54) is 4.57 Å². The Hall–Kier alpha value is -2.64. The molecule has 0 spiro atoms. The number of rotatable bonds is 2. The molecule has 8 heteroatoms. The van der Waals surface area contributed by atoms with Gasteiger partial charge < -0.3 is 4.98 Å². The van der Waals surface area contributed by atoms with Crippen molar-refractivity contribution in [2.45, 2.75) is 6.54 Å². The van der Waals surface area contributed by atoms with Crippen molar-refractivity contribution < 1.29 is 0 Å². The fourth-order valence-electron chi connectivity index (χ4n) is 1.77. The van der Waals surface area contributed by atoms with E-state index < -0.39 is 11.2 Å². The summed E-state index contributed by atoms with van der Waals surface area (Å²) in [6.07, 6.45) is 3.45. The summed E-state index contributed by atoms with van der Waals surface area (Å²) in [5, 5.41) is 4.05. The predicted octanol–water partition coefficient (Wildman–Crippen LogP) is -0.805. The monoisotopic (exact) mass is 246 g/mol. The standard InChI is InChI=1S/C10H10N6O2/c1-15-8-7(9(17)14-10(15)18)12-6(13-8)5-16-4-2-3-11-16/h2-4H,5H2,1H3,(H,12,13)(H,14,17,18). The molecule has 0 radical (unpaired) electrons. The van der Waals surface area contributed by atoms with Crippen LogP contribution < -0.4 is 11.2 Å². The zero-order valence-corrected chi connectivity index (χ0v) is 9.54. The van der Waals surface area contributed by atoms with Crippen LogP contribution in [0, 0.1) is 0 Å². The van der Waals surface area contributed by atoms with Gasteiger partial charge >= 0.3 is 5.69 Å². The second-order valence-electron chi connectivity index (χ2n) is 3.90. The topological polar surface area (TPSA) is 101 Å². The van der Waals surface area contributed by atoms with Crippen molar-refractivity contribution in [3.05, 3.63) is 45.1 Å². The Bertz CT molecular complexity index is 807. The normalized spacial score (nSPS) is 11.2. The van der Waals surface area contributed by atoms with E-state index in [-0.39, 0.29) is 0 Å². The van der Waals surface area contributed by atoms with Crippen LogP contribution in [-0.2, 0) is 13.6 Å². The number of hydrogen-bond acceptors (Lipinski definition) is 4. The molecule has 0 saturated carbocycles. The number of fused-ring (bicyclic) bond motifs is 1. The van der Waals surface area contributed by atoms with E-state index in [0.29, 0.717) is 23.5 Å². The van der Waals surface area contributed by atoms with Crippen molar-refractivity contribution in [2.75, 3.05) is 0 Å². The van der Waals surface area contributed by atoms with Crippen LogP contribution in [0.2, 0.25) is 0 Å². The Morgan fingerprint density at radius 3 is 2.89 bits per heavy atom. The molecule has 0 saturated heterocycles. The van der Waals surface area contributed by atoms with Gasteiger partial charge in [-0.05, 0) is 6.07 Å². The summed E-state index contributed by atoms with van der Waals surface area (Å²) in [4.78, 5) is 32.4. The second kappa shape index (κ2) is 3.69. The fourth-order valence-corrected chi connectivity index (χ4v) is 1.77. The third-order valence-corrected chi connectivity index (χ3v) is 2.67. The van der Waals surface area contributed by atoms with E-state index in [4.69, 9.17) is 0 Å². The van der Waals surface area contributed by atoms with Gasteiger partial charge in [-0.3, -0.25) is 19.0 Å².